The van der Waals surface area contributed by atoms with Gasteiger partial charge in [0.15, 0.2) is 0 Å². The van der Waals surface area contributed by atoms with Crippen LogP contribution in [0.1, 0.15) is 11.6 Å². The van der Waals surface area contributed by atoms with Gasteiger partial charge in [-0.25, -0.2) is 4.39 Å². The first-order valence-corrected chi connectivity index (χ1v) is 3.63. The molecule has 0 aliphatic rings. The third kappa shape index (κ3) is 1.73. The molecule has 1 aromatic carbocycles. The average molecular weight is 185 g/mol. The van der Waals surface area contributed by atoms with Gasteiger partial charge in [-0.05, 0) is 12.1 Å². The van der Waals surface area contributed by atoms with E-state index in [1.807, 2.05) is 6.07 Å². The van der Waals surface area contributed by atoms with Crippen LogP contribution in [0.25, 0.3) is 0 Å². The second kappa shape index (κ2) is 3.53. The minimum atomic E-state index is -0.793. The Morgan fingerprint density at radius 2 is 2.25 bits per heavy atom. The van der Waals surface area contributed by atoms with E-state index >= 15 is 0 Å². The van der Waals surface area contributed by atoms with Crippen LogP contribution in [0.5, 0.6) is 0 Å². The van der Waals surface area contributed by atoms with Crippen LogP contribution >= 0.6 is 11.6 Å². The van der Waals surface area contributed by atoms with Crippen molar-refractivity contribution in [3.63, 3.8) is 0 Å². The maximum atomic E-state index is 12.5. The molecular weight excluding hydrogens is 179 g/mol. The van der Waals surface area contributed by atoms with Crippen molar-refractivity contribution in [2.45, 2.75) is 6.04 Å². The van der Waals surface area contributed by atoms with Gasteiger partial charge in [-0.2, -0.15) is 5.26 Å². The quantitative estimate of drug-likeness (QED) is 0.726. The fourth-order valence-corrected chi connectivity index (χ4v) is 1.11. The summed E-state index contributed by atoms with van der Waals surface area (Å²) in [6.07, 6.45) is 0. The van der Waals surface area contributed by atoms with Gasteiger partial charge in [0.2, 0.25) is 0 Å². The van der Waals surface area contributed by atoms with Gasteiger partial charge in [-0.3, -0.25) is 0 Å². The second-order valence-electron chi connectivity index (χ2n) is 2.27. The molecule has 4 heteroatoms. The molecule has 0 heterocycles. The van der Waals surface area contributed by atoms with Gasteiger partial charge in [-0.1, -0.05) is 17.7 Å². The number of rotatable bonds is 1. The third-order valence-corrected chi connectivity index (χ3v) is 1.76. The van der Waals surface area contributed by atoms with Crippen molar-refractivity contribution in [2.75, 3.05) is 0 Å². The van der Waals surface area contributed by atoms with Gasteiger partial charge in [0.25, 0.3) is 0 Å². The Bertz CT molecular complexity index is 332. The number of benzene rings is 1. The third-order valence-electron chi connectivity index (χ3n) is 1.44. The minimum Gasteiger partial charge on any atom is -0.312 e. The Hall–Kier alpha value is -1.11. The van der Waals surface area contributed by atoms with E-state index in [1.54, 1.807) is 0 Å². The predicted molar refractivity (Wildman–Crippen MR) is 44.0 cm³/mol. The summed E-state index contributed by atoms with van der Waals surface area (Å²) < 4.78 is 12.5. The van der Waals surface area contributed by atoms with Crippen molar-refractivity contribution < 1.29 is 4.39 Å². The first-order valence-electron chi connectivity index (χ1n) is 3.25. The SMILES string of the molecule is N#C[C@H](N)c1ccc(F)cc1Cl. The Morgan fingerprint density at radius 3 is 2.75 bits per heavy atom. The lowest BCUT2D eigenvalue weighted by Gasteiger charge is -2.04. The Labute approximate surface area is 74.4 Å². The summed E-state index contributed by atoms with van der Waals surface area (Å²) in [6, 6.07) is 4.78. The number of hydrogen-bond acceptors (Lipinski definition) is 2. The van der Waals surface area contributed by atoms with E-state index < -0.39 is 11.9 Å². The van der Waals surface area contributed by atoms with Crippen LogP contribution in [0.4, 0.5) is 4.39 Å². The molecule has 2 nitrogen and oxygen atoms in total. The van der Waals surface area contributed by atoms with Crippen LogP contribution in [0, 0.1) is 17.1 Å². The number of halogens is 2. The molecule has 0 spiro atoms. The van der Waals surface area contributed by atoms with Crippen LogP contribution in [0.3, 0.4) is 0 Å². The standard InChI is InChI=1S/C8H6ClFN2/c9-7-3-5(10)1-2-6(7)8(12)4-11/h1-3,8H,12H2/t8-/m0/s1. The molecule has 1 atom stereocenters. The fourth-order valence-electron chi connectivity index (χ4n) is 0.823. The van der Waals surface area contributed by atoms with Crippen molar-refractivity contribution in [3.8, 4) is 6.07 Å². The van der Waals surface area contributed by atoms with E-state index in [0.29, 0.717) is 5.56 Å². The van der Waals surface area contributed by atoms with E-state index in [1.165, 1.54) is 12.1 Å². The Balaban J connectivity index is 3.11. The summed E-state index contributed by atoms with van der Waals surface area (Å²) in [5, 5.41) is 8.64. The summed E-state index contributed by atoms with van der Waals surface area (Å²) >= 11 is 5.63. The van der Waals surface area contributed by atoms with E-state index in [9.17, 15) is 4.39 Å². The van der Waals surface area contributed by atoms with Crippen LogP contribution in [0.15, 0.2) is 18.2 Å². The van der Waals surface area contributed by atoms with E-state index in [4.69, 9.17) is 22.6 Å². The molecule has 2 N–H and O–H groups in total. The highest BCUT2D eigenvalue weighted by atomic mass is 35.5. The lowest BCUT2D eigenvalue weighted by Crippen LogP contribution is -2.07. The summed E-state index contributed by atoms with van der Waals surface area (Å²) in [5.74, 6) is -0.436. The molecule has 0 unspecified atom stereocenters. The molecule has 0 aromatic heterocycles. The van der Waals surface area contributed by atoms with Crippen LogP contribution < -0.4 is 5.73 Å². The number of nitrogens with two attached hydrogens (primary N) is 1. The van der Waals surface area contributed by atoms with Crippen molar-refractivity contribution >= 4 is 11.6 Å². The largest absolute Gasteiger partial charge is 0.312 e. The average Bonchev–Trinajstić information content (AvgIpc) is 2.03. The number of hydrogen-bond donors (Lipinski definition) is 1. The maximum Gasteiger partial charge on any atom is 0.124 e. The molecule has 0 bridgehead atoms. The summed E-state index contributed by atoms with van der Waals surface area (Å²) in [5.41, 5.74) is 5.82. The minimum absolute atomic E-state index is 0.184. The molecule has 0 radical (unpaired) electrons. The first-order chi connectivity index (χ1) is 5.65. The molecule has 1 rings (SSSR count). The van der Waals surface area contributed by atoms with E-state index in [-0.39, 0.29) is 5.02 Å². The Kier molecular flexibility index (Phi) is 2.64. The summed E-state index contributed by atoms with van der Waals surface area (Å²) in [4.78, 5) is 0. The van der Waals surface area contributed by atoms with Crippen LogP contribution in [-0.4, -0.2) is 0 Å². The van der Waals surface area contributed by atoms with Crippen molar-refractivity contribution in [1.29, 1.82) is 5.26 Å². The highest BCUT2D eigenvalue weighted by molar-refractivity contribution is 6.31. The zero-order valence-corrected chi connectivity index (χ0v) is 6.85. The molecule has 0 fully saturated rings. The van der Waals surface area contributed by atoms with Crippen LogP contribution in [0.2, 0.25) is 5.02 Å². The van der Waals surface area contributed by atoms with Gasteiger partial charge in [0.05, 0.1) is 6.07 Å². The molecule has 0 amide bonds. The molecule has 62 valence electrons. The molecule has 0 aliphatic heterocycles. The number of nitrogens with zero attached hydrogens (tertiary/aromatic N) is 1. The highest BCUT2D eigenvalue weighted by Crippen LogP contribution is 2.21. The highest BCUT2D eigenvalue weighted by Gasteiger charge is 2.08. The molecular formula is C8H6ClFN2. The molecule has 0 saturated heterocycles. The molecule has 1 aromatic rings. The zero-order chi connectivity index (χ0) is 9.14. The van der Waals surface area contributed by atoms with Gasteiger partial charge in [-0.15, -0.1) is 0 Å². The summed E-state index contributed by atoms with van der Waals surface area (Å²) in [7, 11) is 0. The van der Waals surface area contributed by atoms with Crippen molar-refractivity contribution in [3.05, 3.63) is 34.6 Å². The van der Waals surface area contributed by atoms with E-state index in [0.717, 1.165) is 6.07 Å². The topological polar surface area (TPSA) is 49.8 Å². The van der Waals surface area contributed by atoms with Gasteiger partial charge in [0, 0.05) is 10.6 Å². The lowest BCUT2D eigenvalue weighted by atomic mass is 10.1. The van der Waals surface area contributed by atoms with Crippen LogP contribution in [-0.2, 0) is 0 Å². The normalized spacial score (nSPS) is 12.2. The monoisotopic (exact) mass is 184 g/mol. The van der Waals surface area contributed by atoms with Gasteiger partial charge in [0.1, 0.15) is 11.9 Å². The first kappa shape index (κ1) is 8.98. The maximum absolute atomic E-state index is 12.5. The number of nitriles is 1. The second-order valence-corrected chi connectivity index (χ2v) is 2.68. The summed E-state index contributed by atoms with van der Waals surface area (Å²) in [6.45, 7) is 0. The zero-order valence-electron chi connectivity index (χ0n) is 6.09. The Morgan fingerprint density at radius 1 is 1.58 bits per heavy atom. The fraction of sp³-hybridized carbons (Fsp3) is 0.125. The molecule has 0 aliphatic carbocycles. The predicted octanol–water partition coefficient (Wildman–Crippen LogP) is 2.00. The van der Waals surface area contributed by atoms with Gasteiger partial charge < -0.3 is 5.73 Å². The lowest BCUT2D eigenvalue weighted by molar-refractivity contribution is 0.626. The molecule has 0 saturated carbocycles. The van der Waals surface area contributed by atoms with Crippen molar-refractivity contribution in [1.82, 2.24) is 0 Å². The smallest absolute Gasteiger partial charge is 0.124 e. The van der Waals surface area contributed by atoms with E-state index in [2.05, 4.69) is 0 Å². The van der Waals surface area contributed by atoms with Gasteiger partial charge >= 0.3 is 0 Å². The molecule has 12 heavy (non-hydrogen) atoms. The van der Waals surface area contributed by atoms with Crippen molar-refractivity contribution in [2.24, 2.45) is 5.73 Å².